The molecule has 0 aliphatic carbocycles. The molecule has 1 atom stereocenters. The molecule has 1 unspecified atom stereocenters. The second kappa shape index (κ2) is 7.39. The Kier molecular flexibility index (Phi) is 6.16. The highest BCUT2D eigenvalue weighted by Gasteiger charge is 2.30. The number of anilines is 1. The third-order valence-electron chi connectivity index (χ3n) is 4.20. The van der Waals surface area contributed by atoms with Crippen LogP contribution in [0.1, 0.15) is 39.5 Å². The summed E-state index contributed by atoms with van der Waals surface area (Å²) < 4.78 is 5.21. The minimum Gasteiger partial charge on any atom is -0.497 e. The van der Waals surface area contributed by atoms with Gasteiger partial charge in [-0.1, -0.05) is 26.7 Å². The molecule has 0 aromatic heterocycles. The molecule has 3 heteroatoms. The maximum Gasteiger partial charge on any atom is 0.119 e. The van der Waals surface area contributed by atoms with Gasteiger partial charge in [-0.2, -0.15) is 0 Å². The summed E-state index contributed by atoms with van der Waals surface area (Å²) >= 11 is 0. The molecule has 19 heavy (non-hydrogen) atoms. The zero-order valence-electron chi connectivity index (χ0n) is 12.8. The van der Waals surface area contributed by atoms with Crippen LogP contribution >= 0.6 is 0 Å². The Bertz CT molecular complexity index is 358. The third kappa shape index (κ3) is 3.63. The SMILES string of the molecule is CCCCC(CC)(CN)N(C)c1ccc(OC)cc1. The summed E-state index contributed by atoms with van der Waals surface area (Å²) in [4.78, 5) is 2.34. The standard InChI is InChI=1S/C16H28N2O/c1-5-7-12-16(6-2,13-17)18(3)14-8-10-15(19-4)11-9-14/h8-11H,5-7,12-13,17H2,1-4H3. The van der Waals surface area contributed by atoms with Gasteiger partial charge in [0.15, 0.2) is 0 Å². The molecular weight excluding hydrogens is 236 g/mol. The predicted octanol–water partition coefficient (Wildman–Crippen LogP) is 3.43. The highest BCUT2D eigenvalue weighted by Crippen LogP contribution is 2.30. The van der Waals surface area contributed by atoms with Crippen molar-refractivity contribution < 1.29 is 4.74 Å². The number of hydrogen-bond acceptors (Lipinski definition) is 3. The summed E-state index contributed by atoms with van der Waals surface area (Å²) in [5, 5.41) is 0. The molecule has 0 heterocycles. The molecule has 0 aliphatic rings. The van der Waals surface area contributed by atoms with E-state index in [-0.39, 0.29) is 5.54 Å². The number of ether oxygens (including phenoxy) is 1. The van der Waals surface area contributed by atoms with Crippen molar-refractivity contribution in [3.05, 3.63) is 24.3 Å². The molecule has 0 amide bonds. The molecule has 108 valence electrons. The number of methoxy groups -OCH3 is 1. The number of nitrogens with zero attached hydrogens (tertiary/aromatic N) is 1. The summed E-state index contributed by atoms with van der Waals surface area (Å²) in [5.41, 5.74) is 7.35. The molecule has 0 spiro atoms. The molecule has 0 aliphatic heterocycles. The minimum atomic E-state index is 0.0601. The molecule has 1 aromatic carbocycles. The highest BCUT2D eigenvalue weighted by molar-refractivity contribution is 5.51. The van der Waals surface area contributed by atoms with Crippen molar-refractivity contribution in [3.63, 3.8) is 0 Å². The smallest absolute Gasteiger partial charge is 0.119 e. The molecule has 3 nitrogen and oxygen atoms in total. The van der Waals surface area contributed by atoms with Gasteiger partial charge in [0.05, 0.1) is 12.6 Å². The minimum absolute atomic E-state index is 0.0601. The first kappa shape index (κ1) is 15.8. The van der Waals surface area contributed by atoms with E-state index in [1.165, 1.54) is 18.5 Å². The fraction of sp³-hybridized carbons (Fsp3) is 0.625. The quantitative estimate of drug-likeness (QED) is 0.782. The Morgan fingerprint density at radius 2 is 1.84 bits per heavy atom. The lowest BCUT2D eigenvalue weighted by Gasteiger charge is -2.42. The van der Waals surface area contributed by atoms with E-state index in [0.717, 1.165) is 18.6 Å². The molecule has 1 aromatic rings. The lowest BCUT2D eigenvalue weighted by Crippen LogP contribution is -2.52. The molecular formula is C16H28N2O. The van der Waals surface area contributed by atoms with Crippen LogP contribution in [-0.2, 0) is 0 Å². The molecule has 0 fully saturated rings. The van der Waals surface area contributed by atoms with Gasteiger partial charge in [-0.15, -0.1) is 0 Å². The van der Waals surface area contributed by atoms with Gasteiger partial charge < -0.3 is 15.4 Å². The van der Waals surface area contributed by atoms with Crippen molar-refractivity contribution >= 4 is 5.69 Å². The normalized spacial score (nSPS) is 13.9. The van der Waals surface area contributed by atoms with E-state index in [2.05, 4.69) is 37.9 Å². The summed E-state index contributed by atoms with van der Waals surface area (Å²) in [6.07, 6.45) is 4.62. The van der Waals surface area contributed by atoms with Crippen LogP contribution in [0.3, 0.4) is 0 Å². The van der Waals surface area contributed by atoms with Crippen LogP contribution in [0.25, 0.3) is 0 Å². The van der Waals surface area contributed by atoms with Crippen molar-refractivity contribution in [1.82, 2.24) is 0 Å². The molecule has 0 saturated heterocycles. The second-order valence-electron chi connectivity index (χ2n) is 5.14. The average Bonchev–Trinajstić information content (AvgIpc) is 2.48. The van der Waals surface area contributed by atoms with Gasteiger partial charge in [0.2, 0.25) is 0 Å². The number of likely N-dealkylation sites (N-methyl/N-ethyl adjacent to an activating group) is 1. The summed E-state index contributed by atoms with van der Waals surface area (Å²) in [6.45, 7) is 5.14. The van der Waals surface area contributed by atoms with E-state index in [9.17, 15) is 0 Å². The van der Waals surface area contributed by atoms with Crippen LogP contribution in [0.2, 0.25) is 0 Å². The largest absolute Gasteiger partial charge is 0.497 e. The maximum atomic E-state index is 6.09. The van der Waals surface area contributed by atoms with Gasteiger partial charge in [0, 0.05) is 19.3 Å². The third-order valence-corrected chi connectivity index (χ3v) is 4.20. The molecule has 1 rings (SSSR count). The fourth-order valence-electron chi connectivity index (χ4n) is 2.55. The zero-order chi connectivity index (χ0) is 14.3. The Labute approximate surface area is 117 Å². The number of hydrogen-bond donors (Lipinski definition) is 1. The lowest BCUT2D eigenvalue weighted by atomic mass is 9.87. The van der Waals surface area contributed by atoms with Crippen LogP contribution < -0.4 is 15.4 Å². The number of unbranched alkanes of at least 4 members (excludes halogenated alkanes) is 1. The monoisotopic (exact) mass is 264 g/mol. The van der Waals surface area contributed by atoms with Crippen LogP contribution in [0.15, 0.2) is 24.3 Å². The van der Waals surface area contributed by atoms with E-state index >= 15 is 0 Å². The number of rotatable bonds is 8. The van der Waals surface area contributed by atoms with Crippen molar-refractivity contribution in [2.24, 2.45) is 5.73 Å². The average molecular weight is 264 g/mol. The maximum absolute atomic E-state index is 6.09. The van der Waals surface area contributed by atoms with E-state index < -0.39 is 0 Å². The van der Waals surface area contributed by atoms with E-state index in [0.29, 0.717) is 6.54 Å². The van der Waals surface area contributed by atoms with Crippen molar-refractivity contribution in [1.29, 1.82) is 0 Å². The van der Waals surface area contributed by atoms with Gasteiger partial charge in [0.25, 0.3) is 0 Å². The predicted molar refractivity (Wildman–Crippen MR) is 83.0 cm³/mol. The molecule has 0 saturated carbocycles. The second-order valence-corrected chi connectivity index (χ2v) is 5.14. The first-order chi connectivity index (χ1) is 9.13. The Morgan fingerprint density at radius 1 is 1.21 bits per heavy atom. The summed E-state index contributed by atoms with van der Waals surface area (Å²) in [7, 11) is 3.84. The molecule has 0 radical (unpaired) electrons. The van der Waals surface area contributed by atoms with Gasteiger partial charge in [0.1, 0.15) is 5.75 Å². The van der Waals surface area contributed by atoms with Gasteiger partial charge >= 0.3 is 0 Å². The Hall–Kier alpha value is -1.22. The van der Waals surface area contributed by atoms with Crippen LogP contribution in [0.5, 0.6) is 5.75 Å². The Balaban J connectivity index is 2.93. The fourth-order valence-corrected chi connectivity index (χ4v) is 2.55. The van der Waals surface area contributed by atoms with Crippen LogP contribution in [0.4, 0.5) is 5.69 Å². The van der Waals surface area contributed by atoms with Gasteiger partial charge in [-0.05, 0) is 37.1 Å². The van der Waals surface area contributed by atoms with Gasteiger partial charge in [-0.3, -0.25) is 0 Å². The summed E-state index contributed by atoms with van der Waals surface area (Å²) in [5.74, 6) is 0.889. The molecule has 2 N–H and O–H groups in total. The topological polar surface area (TPSA) is 38.5 Å². The zero-order valence-corrected chi connectivity index (χ0v) is 12.8. The van der Waals surface area contributed by atoms with Gasteiger partial charge in [-0.25, -0.2) is 0 Å². The van der Waals surface area contributed by atoms with Crippen LogP contribution in [0, 0.1) is 0 Å². The van der Waals surface area contributed by atoms with E-state index in [4.69, 9.17) is 10.5 Å². The highest BCUT2D eigenvalue weighted by atomic mass is 16.5. The number of nitrogens with two attached hydrogens (primary N) is 1. The van der Waals surface area contributed by atoms with E-state index in [1.807, 2.05) is 12.1 Å². The molecule has 0 bridgehead atoms. The van der Waals surface area contributed by atoms with Crippen molar-refractivity contribution in [3.8, 4) is 5.75 Å². The first-order valence-corrected chi connectivity index (χ1v) is 7.21. The van der Waals surface area contributed by atoms with E-state index in [1.54, 1.807) is 7.11 Å². The lowest BCUT2D eigenvalue weighted by molar-refractivity contribution is 0.359. The van der Waals surface area contributed by atoms with Crippen molar-refractivity contribution in [2.45, 2.75) is 45.1 Å². The first-order valence-electron chi connectivity index (χ1n) is 7.21. The Morgan fingerprint density at radius 3 is 2.26 bits per heavy atom. The number of benzene rings is 1. The van der Waals surface area contributed by atoms with Crippen molar-refractivity contribution in [2.75, 3.05) is 25.6 Å². The summed E-state index contributed by atoms with van der Waals surface area (Å²) in [6, 6.07) is 8.21. The van der Waals surface area contributed by atoms with Crippen LogP contribution in [-0.4, -0.2) is 26.2 Å².